The molecule has 0 saturated carbocycles. The van der Waals surface area contributed by atoms with E-state index in [2.05, 4.69) is 41.7 Å². The van der Waals surface area contributed by atoms with Gasteiger partial charge in [-0.15, -0.1) is 5.10 Å². The van der Waals surface area contributed by atoms with Gasteiger partial charge in [0, 0.05) is 20.9 Å². The van der Waals surface area contributed by atoms with Crippen LogP contribution >= 0.6 is 27.5 Å². The monoisotopic (exact) mass is 375 g/mol. The Hall–Kier alpha value is -2.18. The van der Waals surface area contributed by atoms with Crippen LogP contribution in [0.4, 0.5) is 23.1 Å². The third-order valence-electron chi connectivity index (χ3n) is 2.78. The van der Waals surface area contributed by atoms with Crippen molar-refractivity contribution in [2.75, 3.05) is 10.6 Å². The minimum atomic E-state index is 0.418. The molecule has 2 aromatic carbocycles. The van der Waals surface area contributed by atoms with E-state index in [0.29, 0.717) is 16.8 Å². The summed E-state index contributed by atoms with van der Waals surface area (Å²) >= 11 is 9.26. The van der Waals surface area contributed by atoms with Crippen LogP contribution in [-0.4, -0.2) is 15.2 Å². The van der Waals surface area contributed by atoms with Crippen molar-refractivity contribution < 1.29 is 0 Å². The van der Waals surface area contributed by atoms with Gasteiger partial charge < -0.3 is 10.6 Å². The zero-order valence-corrected chi connectivity index (χ0v) is 13.6. The van der Waals surface area contributed by atoms with Gasteiger partial charge in [-0.3, -0.25) is 0 Å². The number of aromatic nitrogens is 3. The fourth-order valence-electron chi connectivity index (χ4n) is 1.76. The number of rotatable bonds is 4. The lowest BCUT2D eigenvalue weighted by atomic mass is 10.3. The third-order valence-corrected chi connectivity index (χ3v) is 3.56. The molecule has 3 aromatic rings. The van der Waals surface area contributed by atoms with E-state index in [0.717, 1.165) is 15.8 Å². The van der Waals surface area contributed by atoms with Crippen LogP contribution in [0, 0.1) is 0 Å². The molecule has 0 atom stereocenters. The van der Waals surface area contributed by atoms with Gasteiger partial charge >= 0.3 is 0 Å². The van der Waals surface area contributed by atoms with Gasteiger partial charge in [0.1, 0.15) is 0 Å². The van der Waals surface area contributed by atoms with Crippen molar-refractivity contribution in [1.29, 1.82) is 0 Å². The van der Waals surface area contributed by atoms with Gasteiger partial charge in [-0.05, 0) is 48.5 Å². The zero-order chi connectivity index (χ0) is 15.4. The number of benzene rings is 2. The Morgan fingerprint density at radius 2 is 1.50 bits per heavy atom. The highest BCUT2D eigenvalue weighted by molar-refractivity contribution is 9.10. The average molecular weight is 377 g/mol. The first kappa shape index (κ1) is 14.7. The van der Waals surface area contributed by atoms with E-state index in [9.17, 15) is 0 Å². The van der Waals surface area contributed by atoms with Crippen molar-refractivity contribution in [3.8, 4) is 0 Å². The molecule has 1 aromatic heterocycles. The highest BCUT2D eigenvalue weighted by Crippen LogP contribution is 2.19. The molecule has 0 bridgehead atoms. The Kier molecular flexibility index (Phi) is 4.50. The average Bonchev–Trinajstić information content (AvgIpc) is 2.52. The normalized spacial score (nSPS) is 10.3. The molecule has 3 rings (SSSR count). The number of halogens is 2. The molecule has 0 saturated heterocycles. The van der Waals surface area contributed by atoms with Gasteiger partial charge in [0.25, 0.3) is 0 Å². The molecule has 5 nitrogen and oxygen atoms in total. The molecule has 2 N–H and O–H groups in total. The van der Waals surface area contributed by atoms with Crippen molar-refractivity contribution in [3.63, 3.8) is 0 Å². The molecule has 0 unspecified atom stereocenters. The van der Waals surface area contributed by atoms with E-state index < -0.39 is 0 Å². The van der Waals surface area contributed by atoms with Crippen LogP contribution in [0.1, 0.15) is 0 Å². The maximum atomic E-state index is 5.86. The topological polar surface area (TPSA) is 62.7 Å². The SMILES string of the molecule is Clc1ccc(Nc2cnnc(Nc3ccc(Br)cc3)n2)cc1. The molecule has 1 heterocycles. The molecular formula is C15H11BrClN5. The predicted molar refractivity (Wildman–Crippen MR) is 92.0 cm³/mol. The second-order valence-corrected chi connectivity index (χ2v) is 5.78. The zero-order valence-electron chi connectivity index (χ0n) is 11.3. The molecule has 0 aliphatic rings. The van der Waals surface area contributed by atoms with Crippen LogP contribution in [0.15, 0.2) is 59.2 Å². The van der Waals surface area contributed by atoms with Crippen molar-refractivity contribution in [2.24, 2.45) is 0 Å². The van der Waals surface area contributed by atoms with E-state index in [-0.39, 0.29) is 0 Å². The molecule has 0 amide bonds. The standard InChI is InChI=1S/C15H11BrClN5/c16-10-1-5-13(6-2-10)20-15-21-14(9-18-22-15)19-12-7-3-11(17)4-8-12/h1-9H,(H2,19,20,21,22). The molecule has 0 radical (unpaired) electrons. The molecule has 22 heavy (non-hydrogen) atoms. The van der Waals surface area contributed by atoms with Crippen molar-refractivity contribution in [2.45, 2.75) is 0 Å². The Bertz CT molecular complexity index is 699. The largest absolute Gasteiger partial charge is 0.339 e. The highest BCUT2D eigenvalue weighted by atomic mass is 79.9. The number of anilines is 4. The molecule has 0 aliphatic heterocycles. The summed E-state index contributed by atoms with van der Waals surface area (Å²) in [6, 6.07) is 15.1. The first-order valence-electron chi connectivity index (χ1n) is 6.44. The van der Waals surface area contributed by atoms with Crippen LogP contribution in [0.3, 0.4) is 0 Å². The van der Waals surface area contributed by atoms with E-state index in [4.69, 9.17) is 11.6 Å². The molecule has 7 heteroatoms. The van der Waals surface area contributed by atoms with E-state index in [1.807, 2.05) is 36.4 Å². The molecule has 110 valence electrons. The lowest BCUT2D eigenvalue weighted by Crippen LogP contribution is -2.02. The summed E-state index contributed by atoms with van der Waals surface area (Å²) in [6.45, 7) is 0. The predicted octanol–water partition coefficient (Wildman–Crippen LogP) is 4.77. The second kappa shape index (κ2) is 6.72. The molecular weight excluding hydrogens is 366 g/mol. The fourth-order valence-corrected chi connectivity index (χ4v) is 2.15. The highest BCUT2D eigenvalue weighted by Gasteiger charge is 2.02. The summed E-state index contributed by atoms with van der Waals surface area (Å²) in [5, 5.41) is 14.8. The van der Waals surface area contributed by atoms with Gasteiger partial charge in [0.2, 0.25) is 5.95 Å². The second-order valence-electron chi connectivity index (χ2n) is 4.43. The molecule has 0 spiro atoms. The molecule has 0 aliphatic carbocycles. The van der Waals surface area contributed by atoms with Crippen LogP contribution in [0.25, 0.3) is 0 Å². The van der Waals surface area contributed by atoms with Crippen molar-refractivity contribution in [1.82, 2.24) is 15.2 Å². The van der Waals surface area contributed by atoms with E-state index in [1.54, 1.807) is 18.3 Å². The lowest BCUT2D eigenvalue weighted by Gasteiger charge is -2.07. The smallest absolute Gasteiger partial charge is 0.249 e. The van der Waals surface area contributed by atoms with Crippen molar-refractivity contribution >= 4 is 50.7 Å². The minimum Gasteiger partial charge on any atom is -0.339 e. The summed E-state index contributed by atoms with van der Waals surface area (Å²) in [5.41, 5.74) is 1.76. The van der Waals surface area contributed by atoms with Crippen molar-refractivity contribution in [3.05, 3.63) is 64.2 Å². The van der Waals surface area contributed by atoms with Gasteiger partial charge in [-0.2, -0.15) is 10.1 Å². The summed E-state index contributed by atoms with van der Waals surface area (Å²) in [7, 11) is 0. The Labute approximate surface area is 140 Å². The molecule has 0 fully saturated rings. The van der Waals surface area contributed by atoms with Gasteiger partial charge in [-0.25, -0.2) is 0 Å². The summed E-state index contributed by atoms with van der Waals surface area (Å²) < 4.78 is 1.01. The summed E-state index contributed by atoms with van der Waals surface area (Å²) in [6.07, 6.45) is 1.56. The number of hydrogen-bond acceptors (Lipinski definition) is 5. The van der Waals surface area contributed by atoms with Crippen LogP contribution in [0.2, 0.25) is 5.02 Å². The van der Waals surface area contributed by atoms with Gasteiger partial charge in [0.15, 0.2) is 5.82 Å². The fraction of sp³-hybridized carbons (Fsp3) is 0. The maximum absolute atomic E-state index is 5.86. The summed E-state index contributed by atoms with van der Waals surface area (Å²) in [4.78, 5) is 4.37. The maximum Gasteiger partial charge on any atom is 0.249 e. The lowest BCUT2D eigenvalue weighted by molar-refractivity contribution is 0.982. The van der Waals surface area contributed by atoms with Crippen LogP contribution < -0.4 is 10.6 Å². The Balaban J connectivity index is 1.74. The Morgan fingerprint density at radius 1 is 0.864 bits per heavy atom. The number of hydrogen-bond donors (Lipinski definition) is 2. The van der Waals surface area contributed by atoms with E-state index >= 15 is 0 Å². The van der Waals surface area contributed by atoms with Crippen LogP contribution in [0.5, 0.6) is 0 Å². The first-order chi connectivity index (χ1) is 10.7. The van der Waals surface area contributed by atoms with Gasteiger partial charge in [-0.1, -0.05) is 27.5 Å². The Morgan fingerprint density at radius 3 is 2.23 bits per heavy atom. The van der Waals surface area contributed by atoms with Gasteiger partial charge in [0.05, 0.1) is 6.20 Å². The third kappa shape index (κ3) is 3.93. The number of nitrogens with one attached hydrogen (secondary N) is 2. The quantitative estimate of drug-likeness (QED) is 0.686. The van der Waals surface area contributed by atoms with E-state index in [1.165, 1.54) is 0 Å². The minimum absolute atomic E-state index is 0.418. The van der Waals surface area contributed by atoms with Crippen LogP contribution in [-0.2, 0) is 0 Å². The number of nitrogens with zero attached hydrogens (tertiary/aromatic N) is 3. The summed E-state index contributed by atoms with van der Waals surface area (Å²) in [5.74, 6) is 1.01. The first-order valence-corrected chi connectivity index (χ1v) is 7.61.